The summed E-state index contributed by atoms with van der Waals surface area (Å²) in [6, 6.07) is 14.8. The number of hydrogen-bond acceptors (Lipinski definition) is 4. The molecule has 0 N–H and O–H groups in total. The molecule has 7 unspecified atom stereocenters. The molecule has 7 aliphatic rings. The monoisotopic (exact) mass is 486 g/mol. The molecule has 6 aliphatic carbocycles. The molecule has 0 amide bonds. The largest absolute Gasteiger partial charge is 0.493 e. The van der Waals surface area contributed by atoms with E-state index >= 15 is 0 Å². The number of ether oxygens (including phenoxy) is 4. The molecule has 5 fully saturated rings. The van der Waals surface area contributed by atoms with Crippen molar-refractivity contribution in [2.75, 3.05) is 20.8 Å². The third-order valence-electron chi connectivity index (χ3n) is 11.7. The van der Waals surface area contributed by atoms with Crippen molar-refractivity contribution in [3.63, 3.8) is 0 Å². The fourth-order valence-electron chi connectivity index (χ4n) is 10.2. The van der Waals surface area contributed by atoms with Crippen molar-refractivity contribution in [3.05, 3.63) is 53.6 Å². The van der Waals surface area contributed by atoms with Crippen LogP contribution in [0.5, 0.6) is 17.2 Å². The second kappa shape index (κ2) is 7.43. The van der Waals surface area contributed by atoms with Crippen LogP contribution in [-0.4, -0.2) is 32.5 Å². The summed E-state index contributed by atoms with van der Waals surface area (Å²) < 4.78 is 26.1. The van der Waals surface area contributed by atoms with Crippen molar-refractivity contribution in [1.29, 1.82) is 0 Å². The van der Waals surface area contributed by atoms with E-state index in [0.717, 1.165) is 41.4 Å². The van der Waals surface area contributed by atoms with Crippen molar-refractivity contribution in [2.45, 2.75) is 74.9 Å². The zero-order valence-electron chi connectivity index (χ0n) is 21.6. The first-order valence-corrected chi connectivity index (χ1v) is 14.3. The van der Waals surface area contributed by atoms with Gasteiger partial charge >= 0.3 is 0 Å². The predicted molar refractivity (Wildman–Crippen MR) is 138 cm³/mol. The second-order valence-electron chi connectivity index (χ2n) is 12.7. The smallest absolute Gasteiger partial charge is 0.165 e. The van der Waals surface area contributed by atoms with Crippen LogP contribution in [0.25, 0.3) is 0 Å². The van der Waals surface area contributed by atoms with Gasteiger partial charge in [-0.1, -0.05) is 37.1 Å². The van der Waals surface area contributed by atoms with E-state index in [2.05, 4.69) is 36.4 Å². The van der Waals surface area contributed by atoms with Crippen LogP contribution >= 0.6 is 0 Å². The molecule has 9 rings (SSSR count). The van der Waals surface area contributed by atoms with Gasteiger partial charge < -0.3 is 18.9 Å². The van der Waals surface area contributed by atoms with Gasteiger partial charge in [0.05, 0.1) is 13.7 Å². The van der Waals surface area contributed by atoms with Gasteiger partial charge in [0.1, 0.15) is 17.5 Å². The summed E-state index contributed by atoms with van der Waals surface area (Å²) in [6.45, 7) is 0.690. The highest BCUT2D eigenvalue weighted by Crippen LogP contribution is 2.79. The summed E-state index contributed by atoms with van der Waals surface area (Å²) in [6.07, 6.45) is 11.7. The third kappa shape index (κ3) is 2.55. The first kappa shape index (κ1) is 21.8. The first-order chi connectivity index (χ1) is 17.6. The molecular weight excluding hydrogens is 448 g/mol. The molecule has 2 aromatic rings. The van der Waals surface area contributed by atoms with Crippen LogP contribution in [0.2, 0.25) is 0 Å². The number of methoxy groups -OCH3 is 2. The quantitative estimate of drug-likeness (QED) is 0.458. The van der Waals surface area contributed by atoms with Gasteiger partial charge in [0, 0.05) is 24.0 Å². The number of para-hydroxylation sites is 1. The minimum atomic E-state index is -0.330. The first-order valence-electron chi connectivity index (χ1n) is 14.3. The van der Waals surface area contributed by atoms with E-state index in [-0.39, 0.29) is 22.5 Å². The Hall–Kier alpha value is -2.20. The van der Waals surface area contributed by atoms with Crippen LogP contribution in [0.15, 0.2) is 42.5 Å². The Morgan fingerprint density at radius 3 is 2.61 bits per heavy atom. The maximum Gasteiger partial charge on any atom is 0.165 e. The van der Waals surface area contributed by atoms with Crippen LogP contribution in [0.3, 0.4) is 0 Å². The van der Waals surface area contributed by atoms with Gasteiger partial charge in [0.25, 0.3) is 0 Å². The molecular formula is C32H38O4. The van der Waals surface area contributed by atoms with Gasteiger partial charge in [0.15, 0.2) is 11.5 Å². The molecule has 0 aromatic heterocycles. The Labute approximate surface area is 214 Å². The average molecular weight is 487 g/mol. The highest BCUT2D eigenvalue weighted by atomic mass is 16.6. The van der Waals surface area contributed by atoms with Gasteiger partial charge in [-0.2, -0.15) is 0 Å². The Bertz CT molecular complexity index is 1190. The molecule has 4 nitrogen and oxygen atoms in total. The van der Waals surface area contributed by atoms with Crippen LogP contribution < -0.4 is 14.2 Å². The minimum absolute atomic E-state index is 0.0385. The lowest BCUT2D eigenvalue weighted by Gasteiger charge is -2.73. The lowest BCUT2D eigenvalue weighted by Crippen LogP contribution is -2.78. The van der Waals surface area contributed by atoms with E-state index in [4.69, 9.17) is 18.9 Å². The summed E-state index contributed by atoms with van der Waals surface area (Å²) in [7, 11) is 3.71. The molecule has 2 spiro atoms. The molecule has 7 atom stereocenters. The summed E-state index contributed by atoms with van der Waals surface area (Å²) in [5.74, 6) is 5.74. The lowest BCUT2D eigenvalue weighted by atomic mass is 9.31. The standard InChI is InChI=1S/C32H38O4/c1-33-26-11-10-22-17-25-21(16-20-8-9-20)12-13-31-27(22)28(26)36-29(31)32(34-2)15-14-30(25,31)18-23(32)19-35-24-6-4-3-5-7-24/h3-7,10-11,20-21,23,25,29H,8-9,12-19H2,1-2H3. The number of benzene rings is 2. The maximum absolute atomic E-state index is 7.13. The van der Waals surface area contributed by atoms with Crippen molar-refractivity contribution in [3.8, 4) is 17.2 Å². The van der Waals surface area contributed by atoms with E-state index in [0.29, 0.717) is 12.5 Å². The van der Waals surface area contributed by atoms with E-state index in [9.17, 15) is 0 Å². The Balaban J connectivity index is 1.27. The third-order valence-corrected chi connectivity index (χ3v) is 11.7. The van der Waals surface area contributed by atoms with Gasteiger partial charge in [0.2, 0.25) is 0 Å². The van der Waals surface area contributed by atoms with E-state index < -0.39 is 0 Å². The van der Waals surface area contributed by atoms with E-state index in [1.807, 2.05) is 13.2 Å². The fraction of sp³-hybridized carbons (Fsp3) is 0.625. The topological polar surface area (TPSA) is 36.9 Å². The molecule has 0 saturated heterocycles. The molecule has 4 heteroatoms. The molecule has 0 radical (unpaired) electrons. The van der Waals surface area contributed by atoms with E-state index in [1.165, 1.54) is 62.5 Å². The van der Waals surface area contributed by atoms with Crippen LogP contribution in [-0.2, 0) is 16.6 Å². The highest BCUT2D eigenvalue weighted by Gasteiger charge is 2.80. The summed E-state index contributed by atoms with van der Waals surface area (Å²) >= 11 is 0. The SMILES string of the molecule is COc1ccc2c3c1OC1C4(OC)CCC5(CC4COc4ccccc4)C(C2)C(CC2CC2)CCC315. The zero-order chi connectivity index (χ0) is 24.1. The van der Waals surface area contributed by atoms with Crippen molar-refractivity contribution in [2.24, 2.45) is 29.1 Å². The minimum Gasteiger partial charge on any atom is -0.493 e. The number of hydrogen-bond donors (Lipinski definition) is 0. The number of fused-ring (bicyclic) bond motifs is 2. The lowest BCUT2D eigenvalue weighted by molar-refractivity contribution is -0.282. The maximum atomic E-state index is 7.13. The molecule has 1 heterocycles. The van der Waals surface area contributed by atoms with Crippen LogP contribution in [0.1, 0.15) is 62.5 Å². The predicted octanol–water partition coefficient (Wildman–Crippen LogP) is 6.34. The van der Waals surface area contributed by atoms with Gasteiger partial charge in [-0.15, -0.1) is 0 Å². The van der Waals surface area contributed by atoms with Crippen LogP contribution in [0, 0.1) is 29.1 Å². The van der Waals surface area contributed by atoms with Gasteiger partial charge in [-0.05, 0) is 91.9 Å². The fourth-order valence-corrected chi connectivity index (χ4v) is 10.2. The molecule has 36 heavy (non-hydrogen) atoms. The molecule has 4 bridgehead atoms. The number of rotatable bonds is 7. The van der Waals surface area contributed by atoms with E-state index in [1.54, 1.807) is 7.11 Å². The van der Waals surface area contributed by atoms with Gasteiger partial charge in [-0.3, -0.25) is 0 Å². The normalized spacial score (nSPS) is 40.9. The highest BCUT2D eigenvalue weighted by molar-refractivity contribution is 5.63. The summed E-state index contributed by atoms with van der Waals surface area (Å²) in [5, 5.41) is 0. The second-order valence-corrected chi connectivity index (χ2v) is 12.7. The average Bonchev–Trinajstić information content (AvgIpc) is 3.66. The summed E-state index contributed by atoms with van der Waals surface area (Å²) in [5.41, 5.74) is 3.01. The Morgan fingerprint density at radius 1 is 0.972 bits per heavy atom. The Morgan fingerprint density at radius 2 is 1.83 bits per heavy atom. The zero-order valence-corrected chi connectivity index (χ0v) is 21.6. The summed E-state index contributed by atoms with van der Waals surface area (Å²) in [4.78, 5) is 0. The molecule has 1 aliphatic heterocycles. The van der Waals surface area contributed by atoms with Crippen molar-refractivity contribution in [1.82, 2.24) is 0 Å². The Kier molecular flexibility index (Phi) is 4.51. The van der Waals surface area contributed by atoms with Gasteiger partial charge in [-0.25, -0.2) is 0 Å². The van der Waals surface area contributed by atoms with Crippen molar-refractivity contribution >= 4 is 0 Å². The molecule has 5 saturated carbocycles. The van der Waals surface area contributed by atoms with Crippen LogP contribution in [0.4, 0.5) is 0 Å². The van der Waals surface area contributed by atoms with Crippen molar-refractivity contribution < 1.29 is 18.9 Å². The molecule has 2 aromatic carbocycles. The molecule has 190 valence electrons.